The number of nitrogens with one attached hydrogen (secondary N) is 1. The standard InChI is InChI=1S/C15H22BrNO3/c1-3-5-11(8-9-16)10-17-15(19)12-6-4-7-13(20-2)14(12)18/h4,6-7,11,18H,3,5,8-10H2,1-2H3,(H,17,19). The molecular weight excluding hydrogens is 322 g/mol. The van der Waals surface area contributed by atoms with Gasteiger partial charge in [0.15, 0.2) is 11.5 Å². The molecule has 1 amide bonds. The molecule has 0 saturated heterocycles. The highest BCUT2D eigenvalue weighted by Gasteiger charge is 2.16. The van der Waals surface area contributed by atoms with Crippen LogP contribution in [0.2, 0.25) is 0 Å². The van der Waals surface area contributed by atoms with Gasteiger partial charge in [-0.3, -0.25) is 4.79 Å². The number of hydrogen-bond acceptors (Lipinski definition) is 3. The van der Waals surface area contributed by atoms with Crippen LogP contribution >= 0.6 is 15.9 Å². The second-order valence-electron chi connectivity index (χ2n) is 4.70. The minimum absolute atomic E-state index is 0.111. The molecule has 5 heteroatoms. The van der Waals surface area contributed by atoms with Crippen molar-refractivity contribution in [1.82, 2.24) is 5.32 Å². The molecule has 112 valence electrons. The van der Waals surface area contributed by atoms with E-state index in [1.165, 1.54) is 7.11 Å². The van der Waals surface area contributed by atoms with Crippen molar-refractivity contribution in [2.45, 2.75) is 26.2 Å². The highest BCUT2D eigenvalue weighted by Crippen LogP contribution is 2.29. The number of carbonyl (C=O) groups excluding carboxylic acids is 1. The maximum Gasteiger partial charge on any atom is 0.255 e. The molecule has 4 nitrogen and oxygen atoms in total. The summed E-state index contributed by atoms with van der Waals surface area (Å²) in [6, 6.07) is 4.90. The summed E-state index contributed by atoms with van der Waals surface area (Å²) < 4.78 is 5.00. The third-order valence-electron chi connectivity index (χ3n) is 3.23. The van der Waals surface area contributed by atoms with Crippen LogP contribution < -0.4 is 10.1 Å². The molecule has 0 fully saturated rings. The average Bonchev–Trinajstić information content (AvgIpc) is 2.45. The van der Waals surface area contributed by atoms with Gasteiger partial charge < -0.3 is 15.2 Å². The van der Waals surface area contributed by atoms with Crippen molar-refractivity contribution in [2.24, 2.45) is 5.92 Å². The summed E-state index contributed by atoms with van der Waals surface area (Å²) in [7, 11) is 1.46. The lowest BCUT2D eigenvalue weighted by molar-refractivity contribution is 0.0942. The van der Waals surface area contributed by atoms with Gasteiger partial charge in [-0.1, -0.05) is 35.3 Å². The zero-order chi connectivity index (χ0) is 15.0. The number of benzene rings is 1. The first-order chi connectivity index (χ1) is 9.63. The summed E-state index contributed by atoms with van der Waals surface area (Å²) in [4.78, 5) is 12.1. The second-order valence-corrected chi connectivity index (χ2v) is 5.49. The molecule has 1 atom stereocenters. The number of alkyl halides is 1. The Kier molecular flexibility index (Phi) is 7.44. The zero-order valence-corrected chi connectivity index (χ0v) is 13.6. The van der Waals surface area contributed by atoms with Gasteiger partial charge in [0.25, 0.3) is 5.91 Å². The molecule has 1 unspecified atom stereocenters. The van der Waals surface area contributed by atoms with E-state index in [0.29, 0.717) is 18.2 Å². The van der Waals surface area contributed by atoms with Gasteiger partial charge in [-0.2, -0.15) is 0 Å². The minimum Gasteiger partial charge on any atom is -0.504 e. The highest BCUT2D eigenvalue weighted by molar-refractivity contribution is 9.09. The van der Waals surface area contributed by atoms with Gasteiger partial charge in [-0.05, 0) is 30.9 Å². The molecule has 1 rings (SSSR count). The Morgan fingerprint density at radius 2 is 2.20 bits per heavy atom. The third-order valence-corrected chi connectivity index (χ3v) is 3.69. The van der Waals surface area contributed by atoms with Crippen molar-refractivity contribution in [3.63, 3.8) is 0 Å². The minimum atomic E-state index is -0.267. The number of amides is 1. The average molecular weight is 344 g/mol. The predicted octanol–water partition coefficient (Wildman–Crippen LogP) is 3.33. The summed E-state index contributed by atoms with van der Waals surface area (Å²) in [5, 5.41) is 13.8. The Morgan fingerprint density at radius 3 is 2.80 bits per heavy atom. The van der Waals surface area contributed by atoms with Gasteiger partial charge in [0.1, 0.15) is 0 Å². The number of para-hydroxylation sites is 1. The van der Waals surface area contributed by atoms with Crippen molar-refractivity contribution >= 4 is 21.8 Å². The summed E-state index contributed by atoms with van der Waals surface area (Å²) >= 11 is 3.43. The molecule has 0 bridgehead atoms. The van der Waals surface area contributed by atoms with Gasteiger partial charge in [0, 0.05) is 11.9 Å². The summed E-state index contributed by atoms with van der Waals surface area (Å²) in [5.74, 6) is 0.386. The Balaban J connectivity index is 2.66. The first-order valence-electron chi connectivity index (χ1n) is 6.84. The highest BCUT2D eigenvalue weighted by atomic mass is 79.9. The Morgan fingerprint density at radius 1 is 1.45 bits per heavy atom. The Bertz CT molecular complexity index is 431. The first-order valence-corrected chi connectivity index (χ1v) is 7.96. The van der Waals surface area contributed by atoms with Gasteiger partial charge >= 0.3 is 0 Å². The Labute approximate surface area is 128 Å². The van der Waals surface area contributed by atoms with Crippen LogP contribution in [0.4, 0.5) is 0 Å². The molecule has 1 aromatic carbocycles. The van der Waals surface area contributed by atoms with E-state index in [-0.39, 0.29) is 17.2 Å². The van der Waals surface area contributed by atoms with Crippen LogP contribution in [-0.4, -0.2) is 30.0 Å². The largest absolute Gasteiger partial charge is 0.504 e. The molecule has 0 spiro atoms. The lowest BCUT2D eigenvalue weighted by Crippen LogP contribution is -2.29. The van der Waals surface area contributed by atoms with Crippen molar-refractivity contribution in [3.05, 3.63) is 23.8 Å². The molecule has 0 heterocycles. The Hall–Kier alpha value is -1.23. The van der Waals surface area contributed by atoms with Crippen molar-refractivity contribution in [3.8, 4) is 11.5 Å². The molecule has 0 aromatic heterocycles. The van der Waals surface area contributed by atoms with Crippen LogP contribution in [0, 0.1) is 5.92 Å². The van der Waals surface area contributed by atoms with Crippen LogP contribution in [0.5, 0.6) is 11.5 Å². The van der Waals surface area contributed by atoms with Crippen molar-refractivity contribution in [1.29, 1.82) is 0 Å². The van der Waals surface area contributed by atoms with Gasteiger partial charge in [0.2, 0.25) is 0 Å². The normalized spacial score (nSPS) is 11.9. The van der Waals surface area contributed by atoms with E-state index >= 15 is 0 Å². The molecule has 20 heavy (non-hydrogen) atoms. The fourth-order valence-electron chi connectivity index (χ4n) is 2.11. The third kappa shape index (κ3) is 4.71. The predicted molar refractivity (Wildman–Crippen MR) is 83.8 cm³/mol. The van der Waals surface area contributed by atoms with Crippen LogP contribution in [-0.2, 0) is 0 Å². The lowest BCUT2D eigenvalue weighted by atomic mass is 10.0. The van der Waals surface area contributed by atoms with E-state index in [1.54, 1.807) is 18.2 Å². The molecule has 0 aliphatic heterocycles. The van der Waals surface area contributed by atoms with Crippen LogP contribution in [0.3, 0.4) is 0 Å². The number of halogens is 1. The van der Waals surface area contributed by atoms with Gasteiger partial charge in [0.05, 0.1) is 12.7 Å². The maximum atomic E-state index is 12.1. The summed E-state index contributed by atoms with van der Waals surface area (Å²) in [5.41, 5.74) is 0.249. The molecular formula is C15H22BrNO3. The van der Waals surface area contributed by atoms with E-state index in [2.05, 4.69) is 28.2 Å². The zero-order valence-electron chi connectivity index (χ0n) is 12.0. The van der Waals surface area contributed by atoms with Crippen molar-refractivity contribution < 1.29 is 14.6 Å². The topological polar surface area (TPSA) is 58.6 Å². The lowest BCUT2D eigenvalue weighted by Gasteiger charge is -2.16. The summed E-state index contributed by atoms with van der Waals surface area (Å²) in [6.07, 6.45) is 3.20. The fourth-order valence-corrected chi connectivity index (χ4v) is 2.76. The molecule has 0 aliphatic rings. The molecule has 0 saturated carbocycles. The van der Waals surface area contributed by atoms with Crippen LogP contribution in [0.25, 0.3) is 0 Å². The van der Waals surface area contributed by atoms with E-state index in [9.17, 15) is 9.90 Å². The molecule has 0 radical (unpaired) electrons. The van der Waals surface area contributed by atoms with E-state index in [4.69, 9.17) is 4.74 Å². The molecule has 0 aliphatic carbocycles. The fraction of sp³-hybridized carbons (Fsp3) is 0.533. The number of carbonyl (C=O) groups is 1. The monoisotopic (exact) mass is 343 g/mol. The smallest absolute Gasteiger partial charge is 0.255 e. The number of methoxy groups -OCH3 is 1. The van der Waals surface area contributed by atoms with E-state index in [0.717, 1.165) is 24.6 Å². The SMILES string of the molecule is CCCC(CCBr)CNC(=O)c1cccc(OC)c1O. The number of ether oxygens (including phenoxy) is 1. The van der Waals surface area contributed by atoms with E-state index < -0.39 is 0 Å². The van der Waals surface area contributed by atoms with Gasteiger partial charge in [-0.15, -0.1) is 0 Å². The van der Waals surface area contributed by atoms with E-state index in [1.807, 2.05) is 0 Å². The number of aromatic hydroxyl groups is 1. The number of phenols is 1. The number of rotatable bonds is 8. The molecule has 2 N–H and O–H groups in total. The second kappa shape index (κ2) is 8.84. The maximum absolute atomic E-state index is 12.1. The molecule has 1 aromatic rings. The van der Waals surface area contributed by atoms with Crippen LogP contribution in [0.1, 0.15) is 36.5 Å². The van der Waals surface area contributed by atoms with Gasteiger partial charge in [-0.25, -0.2) is 0 Å². The van der Waals surface area contributed by atoms with Crippen molar-refractivity contribution in [2.75, 3.05) is 19.0 Å². The first kappa shape index (κ1) is 16.8. The van der Waals surface area contributed by atoms with Crippen LogP contribution in [0.15, 0.2) is 18.2 Å². The number of hydrogen-bond donors (Lipinski definition) is 2. The summed E-state index contributed by atoms with van der Waals surface area (Å²) in [6.45, 7) is 2.76. The quantitative estimate of drug-likeness (QED) is 0.711. The number of phenolic OH excluding ortho intramolecular Hbond substituents is 1.